The van der Waals surface area contributed by atoms with Crippen molar-refractivity contribution in [3.05, 3.63) is 18.6 Å². The standard InChI is InChI=1S/C4H5BN2P/c8-5-4-3-6-1-2-7-4/h1-3H,8H2. The van der Waals surface area contributed by atoms with Crippen LogP contribution in [0.2, 0.25) is 0 Å². The van der Waals surface area contributed by atoms with Crippen LogP contribution in [-0.4, -0.2) is 17.0 Å². The van der Waals surface area contributed by atoms with Crippen molar-refractivity contribution < 1.29 is 0 Å². The molecule has 0 aliphatic heterocycles. The number of aromatic nitrogens is 2. The number of nitrogens with zero attached hydrogens (tertiary/aromatic N) is 2. The first kappa shape index (κ1) is 5.71. The van der Waals surface area contributed by atoms with Gasteiger partial charge in [-0.2, -0.15) is 9.12 Å². The lowest BCUT2D eigenvalue weighted by Gasteiger charge is -1.86. The third-order valence-electron chi connectivity index (χ3n) is 0.754. The van der Waals surface area contributed by atoms with Gasteiger partial charge in [0.05, 0.1) is 0 Å². The zero-order valence-corrected chi connectivity index (χ0v) is 5.44. The fourth-order valence-electron chi connectivity index (χ4n) is 0.397. The quantitative estimate of drug-likeness (QED) is 0.374. The fraction of sp³-hybridized carbons (Fsp3) is 0. The Morgan fingerprint density at radius 3 is 2.75 bits per heavy atom. The lowest BCUT2D eigenvalue weighted by atomic mass is 10.0. The Labute approximate surface area is 51.1 Å². The third kappa shape index (κ3) is 1.27. The molecule has 0 bridgehead atoms. The highest BCUT2D eigenvalue weighted by molar-refractivity contribution is 7.58. The smallest absolute Gasteiger partial charge is 0.206 e. The summed E-state index contributed by atoms with van der Waals surface area (Å²) in [7, 11) is 2.47. The minimum absolute atomic E-state index is 0.887. The van der Waals surface area contributed by atoms with Gasteiger partial charge in [0.25, 0.3) is 0 Å². The largest absolute Gasteiger partial charge is 0.268 e. The predicted molar refractivity (Wildman–Crippen MR) is 37.1 cm³/mol. The van der Waals surface area contributed by atoms with Crippen LogP contribution in [0, 0.1) is 0 Å². The van der Waals surface area contributed by atoms with Gasteiger partial charge in [-0.05, 0) is 0 Å². The monoisotopic (exact) mass is 123 g/mol. The molecule has 0 N–H and O–H groups in total. The zero-order chi connectivity index (χ0) is 5.82. The van der Waals surface area contributed by atoms with Crippen LogP contribution in [0.25, 0.3) is 0 Å². The Hall–Kier alpha value is -0.425. The fourth-order valence-corrected chi connectivity index (χ4v) is 0.569. The van der Waals surface area contributed by atoms with Gasteiger partial charge < -0.3 is 0 Å². The lowest BCUT2D eigenvalue weighted by molar-refractivity contribution is 1.24. The van der Waals surface area contributed by atoms with Crippen LogP contribution in [0.3, 0.4) is 0 Å². The molecule has 1 aromatic heterocycles. The molecule has 0 fully saturated rings. The molecule has 0 amide bonds. The first-order valence-electron chi connectivity index (χ1n) is 2.24. The molecule has 1 atom stereocenters. The summed E-state index contributed by atoms with van der Waals surface area (Å²) in [5, 5.41) is 0. The molecular formula is C4H5BN2P. The molecule has 1 rings (SSSR count). The first-order chi connectivity index (χ1) is 3.93. The van der Waals surface area contributed by atoms with Crippen molar-refractivity contribution in [3.63, 3.8) is 0 Å². The minimum Gasteiger partial charge on any atom is -0.268 e. The normalized spacial score (nSPS) is 8.62. The second-order valence-corrected chi connectivity index (χ2v) is 1.63. The Balaban J connectivity index is 2.83. The van der Waals surface area contributed by atoms with Crippen molar-refractivity contribution >= 4 is 21.7 Å². The summed E-state index contributed by atoms with van der Waals surface area (Å²) in [6.45, 7) is 1.83. The van der Waals surface area contributed by atoms with E-state index in [1.165, 1.54) is 0 Å². The van der Waals surface area contributed by atoms with Crippen molar-refractivity contribution in [1.82, 2.24) is 9.97 Å². The van der Waals surface area contributed by atoms with Gasteiger partial charge in [-0.25, -0.2) is 0 Å². The van der Waals surface area contributed by atoms with Gasteiger partial charge in [0, 0.05) is 24.2 Å². The summed E-state index contributed by atoms with van der Waals surface area (Å²) in [5.74, 6) is 0. The van der Waals surface area contributed by atoms with Gasteiger partial charge in [-0.1, -0.05) is 0 Å². The molecule has 2 nitrogen and oxygen atoms in total. The topological polar surface area (TPSA) is 25.8 Å². The Kier molecular flexibility index (Phi) is 1.98. The van der Waals surface area contributed by atoms with Crippen LogP contribution in [0.15, 0.2) is 18.6 Å². The van der Waals surface area contributed by atoms with Crippen LogP contribution < -0.4 is 5.59 Å². The Morgan fingerprint density at radius 2 is 2.38 bits per heavy atom. The van der Waals surface area contributed by atoms with Crippen LogP contribution in [0.5, 0.6) is 0 Å². The number of hydrogen-bond acceptors (Lipinski definition) is 2. The van der Waals surface area contributed by atoms with Gasteiger partial charge in [0.2, 0.25) is 7.00 Å². The van der Waals surface area contributed by atoms with Gasteiger partial charge in [0.1, 0.15) is 0 Å². The van der Waals surface area contributed by atoms with Crippen LogP contribution >= 0.6 is 9.12 Å². The molecule has 1 heterocycles. The average molecular weight is 123 g/mol. The van der Waals surface area contributed by atoms with Gasteiger partial charge in [-0.3, -0.25) is 9.97 Å². The summed E-state index contributed by atoms with van der Waals surface area (Å²) >= 11 is 0. The first-order valence-corrected chi connectivity index (χ1v) is 2.91. The van der Waals surface area contributed by atoms with Gasteiger partial charge >= 0.3 is 0 Å². The molecule has 0 aliphatic carbocycles. The summed E-state index contributed by atoms with van der Waals surface area (Å²) in [6, 6.07) is 0. The SMILES string of the molecule is P[B]c1cnccn1. The maximum Gasteiger partial charge on any atom is 0.206 e. The van der Waals surface area contributed by atoms with E-state index < -0.39 is 0 Å². The summed E-state index contributed by atoms with van der Waals surface area (Å²) in [4.78, 5) is 7.81. The van der Waals surface area contributed by atoms with E-state index >= 15 is 0 Å². The number of rotatable bonds is 1. The summed E-state index contributed by atoms with van der Waals surface area (Å²) < 4.78 is 0. The molecule has 4 heteroatoms. The van der Waals surface area contributed by atoms with E-state index in [-0.39, 0.29) is 0 Å². The minimum atomic E-state index is 0.887. The second kappa shape index (κ2) is 2.78. The maximum absolute atomic E-state index is 3.96. The van der Waals surface area contributed by atoms with E-state index in [2.05, 4.69) is 19.1 Å². The van der Waals surface area contributed by atoms with Crippen molar-refractivity contribution in [3.8, 4) is 0 Å². The summed E-state index contributed by atoms with van der Waals surface area (Å²) in [5.41, 5.74) is 0.887. The highest BCUT2D eigenvalue weighted by atomic mass is 31.0. The molecule has 1 radical (unpaired) electrons. The molecule has 0 saturated carbocycles. The van der Waals surface area contributed by atoms with Crippen LogP contribution in [0.1, 0.15) is 0 Å². The van der Waals surface area contributed by atoms with Gasteiger partial charge in [0.15, 0.2) is 0 Å². The lowest BCUT2D eigenvalue weighted by Crippen LogP contribution is -2.12. The predicted octanol–water partition coefficient (Wildman–Crippen LogP) is -0.404. The molecule has 0 spiro atoms. The molecule has 39 valence electrons. The van der Waals surface area contributed by atoms with Crippen molar-refractivity contribution in [2.45, 2.75) is 0 Å². The van der Waals surface area contributed by atoms with Crippen molar-refractivity contribution in [1.29, 1.82) is 0 Å². The molecule has 0 aromatic carbocycles. The summed E-state index contributed by atoms with van der Waals surface area (Å²) in [6.07, 6.45) is 5.01. The third-order valence-corrected chi connectivity index (χ3v) is 1.10. The molecule has 1 unspecified atom stereocenters. The molecule has 1 aromatic rings. The average Bonchev–Trinajstić information content (AvgIpc) is 1.90. The maximum atomic E-state index is 3.96. The van der Waals surface area contributed by atoms with Crippen molar-refractivity contribution in [2.24, 2.45) is 0 Å². The Morgan fingerprint density at radius 1 is 1.50 bits per heavy atom. The zero-order valence-electron chi connectivity index (χ0n) is 4.28. The molecular weight excluding hydrogens is 118 g/mol. The van der Waals surface area contributed by atoms with E-state index in [0.29, 0.717) is 0 Å². The van der Waals surface area contributed by atoms with E-state index in [0.717, 1.165) is 5.59 Å². The highest BCUT2D eigenvalue weighted by Gasteiger charge is 1.85. The van der Waals surface area contributed by atoms with Crippen LogP contribution in [-0.2, 0) is 0 Å². The van der Waals surface area contributed by atoms with E-state index in [4.69, 9.17) is 0 Å². The number of hydrogen-bond donors (Lipinski definition) is 0. The van der Waals surface area contributed by atoms with E-state index in [1.54, 1.807) is 18.6 Å². The molecule has 8 heavy (non-hydrogen) atoms. The second-order valence-electron chi connectivity index (χ2n) is 1.30. The van der Waals surface area contributed by atoms with Crippen LogP contribution in [0.4, 0.5) is 0 Å². The van der Waals surface area contributed by atoms with E-state index in [1.807, 2.05) is 7.00 Å². The van der Waals surface area contributed by atoms with Gasteiger partial charge in [-0.15, -0.1) is 0 Å². The molecule has 0 aliphatic rings. The Bertz CT molecular complexity index is 155. The highest BCUT2D eigenvalue weighted by Crippen LogP contribution is 1.73. The molecule has 0 saturated heterocycles. The van der Waals surface area contributed by atoms with E-state index in [9.17, 15) is 0 Å². The van der Waals surface area contributed by atoms with Crippen molar-refractivity contribution in [2.75, 3.05) is 0 Å².